The topological polar surface area (TPSA) is 63.6 Å². The lowest BCUT2D eigenvalue weighted by atomic mass is 10.0. The molecule has 0 aliphatic rings. The van der Waals surface area contributed by atoms with Crippen molar-refractivity contribution in [1.29, 1.82) is 0 Å². The quantitative estimate of drug-likeness (QED) is 0.110. The van der Waals surface area contributed by atoms with Crippen LogP contribution in [0, 0.1) is 0 Å². The largest absolute Gasteiger partial charge is 0.481 e. The van der Waals surface area contributed by atoms with E-state index in [9.17, 15) is 9.59 Å². The van der Waals surface area contributed by atoms with Crippen LogP contribution in [0.1, 0.15) is 162 Å². The zero-order valence-corrected chi connectivity index (χ0v) is 21.5. The van der Waals surface area contributed by atoms with Gasteiger partial charge in [-0.25, -0.2) is 0 Å². The average molecular weight is 455 g/mol. The lowest BCUT2D eigenvalue weighted by molar-refractivity contribution is -0.153. The maximum absolute atomic E-state index is 12.1. The Morgan fingerprint density at radius 3 is 1.38 bits per heavy atom. The second-order valence-electron chi connectivity index (χ2n) is 9.61. The fourth-order valence-electron chi connectivity index (χ4n) is 4.26. The highest BCUT2D eigenvalue weighted by molar-refractivity contribution is 5.71. The van der Waals surface area contributed by atoms with Gasteiger partial charge < -0.3 is 9.84 Å². The first-order valence-corrected chi connectivity index (χ1v) is 14.0. The molecule has 0 unspecified atom stereocenters. The maximum atomic E-state index is 12.1. The van der Waals surface area contributed by atoms with E-state index >= 15 is 0 Å². The number of carbonyl (C=O) groups is 2. The lowest BCUT2D eigenvalue weighted by Gasteiger charge is -2.16. The summed E-state index contributed by atoms with van der Waals surface area (Å²) < 4.78 is 5.51. The zero-order valence-electron chi connectivity index (χ0n) is 21.5. The fraction of sp³-hybridized carbons (Fsp3) is 0.929. The van der Waals surface area contributed by atoms with Crippen molar-refractivity contribution < 1.29 is 19.4 Å². The third kappa shape index (κ3) is 23.6. The summed E-state index contributed by atoms with van der Waals surface area (Å²) in [5.74, 6) is -1.10. The molecule has 0 radical (unpaired) electrons. The van der Waals surface area contributed by atoms with Crippen LogP contribution in [0.15, 0.2) is 0 Å². The first-order chi connectivity index (χ1) is 15.6. The molecule has 32 heavy (non-hydrogen) atoms. The number of hydrogen-bond acceptors (Lipinski definition) is 3. The van der Waals surface area contributed by atoms with Crippen molar-refractivity contribution in [2.45, 2.75) is 168 Å². The zero-order chi connectivity index (χ0) is 23.7. The number of rotatable bonds is 25. The number of ether oxygens (including phenoxy) is 1. The van der Waals surface area contributed by atoms with Crippen LogP contribution in [0.4, 0.5) is 0 Å². The van der Waals surface area contributed by atoms with E-state index in [-0.39, 0.29) is 12.4 Å². The van der Waals surface area contributed by atoms with E-state index in [4.69, 9.17) is 9.84 Å². The van der Waals surface area contributed by atoms with Crippen LogP contribution in [0.2, 0.25) is 0 Å². The molecule has 0 saturated carbocycles. The summed E-state index contributed by atoms with van der Waals surface area (Å²) in [6.45, 7) is 4.48. The van der Waals surface area contributed by atoms with Gasteiger partial charge in [-0.2, -0.15) is 0 Å². The second-order valence-corrected chi connectivity index (χ2v) is 9.61. The molecule has 0 amide bonds. The molecule has 4 nitrogen and oxygen atoms in total. The van der Waals surface area contributed by atoms with E-state index in [2.05, 4.69) is 13.8 Å². The molecule has 0 aliphatic heterocycles. The Bertz CT molecular complexity index is 422. The Morgan fingerprint density at radius 1 is 0.594 bits per heavy atom. The smallest absolute Gasteiger partial charge is 0.307 e. The van der Waals surface area contributed by atoms with Crippen molar-refractivity contribution in [2.75, 3.05) is 0 Å². The van der Waals surface area contributed by atoms with Gasteiger partial charge in [0.25, 0.3) is 0 Å². The monoisotopic (exact) mass is 454 g/mol. The molecular formula is C28H54O4. The number of esters is 1. The van der Waals surface area contributed by atoms with Crippen LogP contribution >= 0.6 is 0 Å². The van der Waals surface area contributed by atoms with Crippen molar-refractivity contribution in [2.24, 2.45) is 0 Å². The first-order valence-electron chi connectivity index (χ1n) is 14.0. The van der Waals surface area contributed by atoms with Crippen LogP contribution in [-0.4, -0.2) is 23.1 Å². The van der Waals surface area contributed by atoms with Crippen LogP contribution in [0.5, 0.6) is 0 Å². The minimum atomic E-state index is -0.881. The van der Waals surface area contributed by atoms with E-state index < -0.39 is 12.1 Å². The molecule has 0 aromatic carbocycles. The number of hydrogen-bond donors (Lipinski definition) is 1. The molecule has 4 heteroatoms. The molecule has 0 aliphatic carbocycles. The number of carbonyl (C=O) groups excluding carboxylic acids is 1. The van der Waals surface area contributed by atoms with Gasteiger partial charge >= 0.3 is 11.9 Å². The second kappa shape index (κ2) is 24.6. The molecule has 0 fully saturated rings. The predicted octanol–water partition coefficient (Wildman–Crippen LogP) is 8.99. The minimum Gasteiger partial charge on any atom is -0.481 e. The standard InChI is InChI=1S/C28H54O4/c1-3-5-7-9-11-13-14-16-18-20-22-24-28(31)32-26(25-27(29)30)23-21-19-17-15-12-10-8-6-4-2/h26H,3-25H2,1-2H3,(H,29,30)/t26-/m0/s1. The highest BCUT2D eigenvalue weighted by Crippen LogP contribution is 2.16. The molecule has 0 aromatic heterocycles. The molecule has 0 heterocycles. The highest BCUT2D eigenvalue weighted by atomic mass is 16.5. The molecule has 0 rings (SSSR count). The highest BCUT2D eigenvalue weighted by Gasteiger charge is 2.17. The third-order valence-corrected chi connectivity index (χ3v) is 6.31. The van der Waals surface area contributed by atoms with Crippen LogP contribution < -0.4 is 0 Å². The molecule has 1 N–H and O–H groups in total. The summed E-state index contributed by atoms with van der Waals surface area (Å²) in [7, 11) is 0. The molecule has 190 valence electrons. The first kappa shape index (κ1) is 30.9. The fourth-order valence-corrected chi connectivity index (χ4v) is 4.26. The van der Waals surface area contributed by atoms with Crippen LogP contribution in [-0.2, 0) is 14.3 Å². The Labute approximate surface area is 199 Å². The Morgan fingerprint density at radius 2 is 0.969 bits per heavy atom. The molecule has 0 bridgehead atoms. The van der Waals surface area contributed by atoms with E-state index in [1.165, 1.54) is 103 Å². The van der Waals surface area contributed by atoms with Gasteiger partial charge in [-0.3, -0.25) is 9.59 Å². The molecule has 1 atom stereocenters. The Balaban J connectivity index is 3.71. The lowest BCUT2D eigenvalue weighted by Crippen LogP contribution is -2.21. The number of carboxylic acids is 1. The molecule has 0 aromatic rings. The third-order valence-electron chi connectivity index (χ3n) is 6.31. The van der Waals surface area contributed by atoms with Crippen molar-refractivity contribution >= 4 is 11.9 Å². The van der Waals surface area contributed by atoms with E-state index in [0.29, 0.717) is 12.8 Å². The van der Waals surface area contributed by atoms with Crippen molar-refractivity contribution in [1.82, 2.24) is 0 Å². The molecule has 0 spiro atoms. The molecular weight excluding hydrogens is 400 g/mol. The summed E-state index contributed by atoms with van der Waals surface area (Å²) >= 11 is 0. The SMILES string of the molecule is CCCCCCCCCCCCCC(=O)O[C@@H](CCCCCCCCCCC)CC(=O)O. The van der Waals surface area contributed by atoms with Crippen molar-refractivity contribution in [3.8, 4) is 0 Å². The normalized spacial score (nSPS) is 12.1. The van der Waals surface area contributed by atoms with Gasteiger partial charge in [0, 0.05) is 6.42 Å². The van der Waals surface area contributed by atoms with Crippen molar-refractivity contribution in [3.63, 3.8) is 0 Å². The van der Waals surface area contributed by atoms with Gasteiger partial charge in [-0.1, -0.05) is 129 Å². The van der Waals surface area contributed by atoms with Crippen molar-refractivity contribution in [3.05, 3.63) is 0 Å². The van der Waals surface area contributed by atoms with Gasteiger partial charge in [-0.15, -0.1) is 0 Å². The Kier molecular flexibility index (Phi) is 23.8. The summed E-state index contributed by atoms with van der Waals surface area (Å²) in [5.41, 5.74) is 0. The summed E-state index contributed by atoms with van der Waals surface area (Å²) in [5, 5.41) is 9.13. The summed E-state index contributed by atoms with van der Waals surface area (Å²) in [6, 6.07) is 0. The average Bonchev–Trinajstić information content (AvgIpc) is 2.75. The van der Waals surface area contributed by atoms with Gasteiger partial charge in [0.2, 0.25) is 0 Å². The van der Waals surface area contributed by atoms with Gasteiger partial charge in [-0.05, 0) is 19.3 Å². The van der Waals surface area contributed by atoms with E-state index in [0.717, 1.165) is 25.7 Å². The predicted molar refractivity (Wildman–Crippen MR) is 135 cm³/mol. The van der Waals surface area contributed by atoms with E-state index in [1.807, 2.05) is 0 Å². The maximum Gasteiger partial charge on any atom is 0.307 e. The number of carboxylic acid groups (broad SMARTS) is 1. The minimum absolute atomic E-state index is 0.0684. The van der Waals surface area contributed by atoms with Gasteiger partial charge in [0.15, 0.2) is 0 Å². The van der Waals surface area contributed by atoms with Gasteiger partial charge in [0.05, 0.1) is 6.42 Å². The van der Waals surface area contributed by atoms with E-state index in [1.54, 1.807) is 0 Å². The van der Waals surface area contributed by atoms with Gasteiger partial charge in [0.1, 0.15) is 6.10 Å². The number of unbranched alkanes of at least 4 members (excludes halogenated alkanes) is 18. The summed E-state index contributed by atoms with van der Waals surface area (Å²) in [6.07, 6.45) is 25.4. The molecule has 0 saturated heterocycles. The van der Waals surface area contributed by atoms with Crippen LogP contribution in [0.3, 0.4) is 0 Å². The van der Waals surface area contributed by atoms with Crippen LogP contribution in [0.25, 0.3) is 0 Å². The summed E-state index contributed by atoms with van der Waals surface area (Å²) in [4.78, 5) is 23.3. The number of aliphatic carboxylic acids is 1. The Hall–Kier alpha value is -1.06.